The minimum Gasteiger partial charge on any atom is -0.324 e. The van der Waals surface area contributed by atoms with E-state index < -0.39 is 0 Å². The van der Waals surface area contributed by atoms with E-state index in [0.717, 1.165) is 0 Å². The van der Waals surface area contributed by atoms with Crippen molar-refractivity contribution in [1.82, 2.24) is 9.96 Å². The summed E-state index contributed by atoms with van der Waals surface area (Å²) in [5.41, 5.74) is 0. The lowest BCUT2D eigenvalue weighted by molar-refractivity contribution is -0.0261. The van der Waals surface area contributed by atoms with E-state index in [1.54, 1.807) is 7.05 Å². The number of carbonyl (C=O) groups excluding carboxylic acids is 1. The van der Waals surface area contributed by atoms with Crippen molar-refractivity contribution >= 4 is 6.03 Å². The van der Waals surface area contributed by atoms with Crippen LogP contribution in [0.5, 0.6) is 0 Å². The van der Waals surface area contributed by atoms with Gasteiger partial charge in [0, 0.05) is 13.6 Å². The van der Waals surface area contributed by atoms with Crippen LogP contribution in [0.15, 0.2) is 0 Å². The van der Waals surface area contributed by atoms with Gasteiger partial charge in [0.05, 0.1) is 6.54 Å². The van der Waals surface area contributed by atoms with Crippen molar-refractivity contribution in [3.05, 3.63) is 0 Å². The van der Waals surface area contributed by atoms with Gasteiger partial charge in [-0.25, -0.2) is 9.86 Å². The molecular formula is C4H8N2O2. The Morgan fingerprint density at radius 1 is 1.62 bits per heavy atom. The highest BCUT2D eigenvalue weighted by molar-refractivity contribution is 5.74. The second-order valence-electron chi connectivity index (χ2n) is 1.83. The van der Waals surface area contributed by atoms with E-state index in [4.69, 9.17) is 5.21 Å². The first-order valence-corrected chi connectivity index (χ1v) is 2.43. The predicted molar refractivity (Wildman–Crippen MR) is 26.5 cm³/mol. The molecule has 1 heterocycles. The highest BCUT2D eigenvalue weighted by Crippen LogP contribution is 2.00. The van der Waals surface area contributed by atoms with Crippen LogP contribution in [0, 0.1) is 0 Å². The van der Waals surface area contributed by atoms with Crippen LogP contribution in [0.4, 0.5) is 4.79 Å². The molecule has 1 aliphatic heterocycles. The van der Waals surface area contributed by atoms with E-state index in [-0.39, 0.29) is 6.03 Å². The largest absolute Gasteiger partial charge is 0.343 e. The third-order valence-corrected chi connectivity index (χ3v) is 1.19. The van der Waals surface area contributed by atoms with Crippen molar-refractivity contribution in [3.63, 3.8) is 0 Å². The number of hydrogen-bond acceptors (Lipinski definition) is 2. The molecule has 0 aromatic rings. The van der Waals surface area contributed by atoms with E-state index in [2.05, 4.69) is 0 Å². The maximum absolute atomic E-state index is 10.5. The number of likely N-dealkylation sites (N-methyl/N-ethyl adjacent to an activating group) is 1. The van der Waals surface area contributed by atoms with Crippen LogP contribution < -0.4 is 0 Å². The molecule has 1 N–H and O–H groups in total. The predicted octanol–water partition coefficient (Wildman–Crippen LogP) is -0.257. The maximum Gasteiger partial charge on any atom is 0.343 e. The molecule has 1 rings (SSSR count). The first-order chi connectivity index (χ1) is 3.72. The summed E-state index contributed by atoms with van der Waals surface area (Å²) in [6.45, 7) is 1.05. The van der Waals surface area contributed by atoms with Gasteiger partial charge in [0.25, 0.3) is 0 Å². The molecule has 46 valence electrons. The SMILES string of the molecule is CN1CCN(O)C1=O. The molecule has 4 nitrogen and oxygen atoms in total. The summed E-state index contributed by atoms with van der Waals surface area (Å²) in [6.07, 6.45) is 0. The van der Waals surface area contributed by atoms with Gasteiger partial charge < -0.3 is 4.90 Å². The Morgan fingerprint density at radius 2 is 2.25 bits per heavy atom. The number of nitrogens with zero attached hydrogens (tertiary/aromatic N) is 2. The van der Waals surface area contributed by atoms with Crippen molar-refractivity contribution in [2.24, 2.45) is 0 Å². The molecule has 1 saturated heterocycles. The zero-order valence-corrected chi connectivity index (χ0v) is 4.66. The van der Waals surface area contributed by atoms with Gasteiger partial charge >= 0.3 is 6.03 Å². The smallest absolute Gasteiger partial charge is 0.324 e. The van der Waals surface area contributed by atoms with Gasteiger partial charge in [-0.2, -0.15) is 0 Å². The second kappa shape index (κ2) is 1.63. The Kier molecular flexibility index (Phi) is 1.09. The number of amides is 2. The van der Waals surface area contributed by atoms with Crippen LogP contribution >= 0.6 is 0 Å². The fourth-order valence-electron chi connectivity index (χ4n) is 0.633. The molecule has 2 amide bonds. The molecule has 1 aliphatic rings. The summed E-state index contributed by atoms with van der Waals surface area (Å²) in [7, 11) is 1.65. The van der Waals surface area contributed by atoms with E-state index in [0.29, 0.717) is 18.2 Å². The molecule has 0 aromatic heterocycles. The topological polar surface area (TPSA) is 43.8 Å². The quantitative estimate of drug-likeness (QED) is 0.443. The van der Waals surface area contributed by atoms with Gasteiger partial charge in [0.1, 0.15) is 0 Å². The number of hydroxylamine groups is 2. The van der Waals surface area contributed by atoms with Crippen molar-refractivity contribution in [3.8, 4) is 0 Å². The Hall–Kier alpha value is -0.770. The lowest BCUT2D eigenvalue weighted by Gasteiger charge is -2.05. The molecule has 0 saturated carbocycles. The van der Waals surface area contributed by atoms with Crippen LogP contribution in [0.3, 0.4) is 0 Å². The second-order valence-corrected chi connectivity index (χ2v) is 1.83. The number of hydrogen-bond donors (Lipinski definition) is 1. The van der Waals surface area contributed by atoms with Crippen LogP contribution in [0.2, 0.25) is 0 Å². The molecule has 0 aromatic carbocycles. The lowest BCUT2D eigenvalue weighted by atomic mass is 10.7. The van der Waals surface area contributed by atoms with Gasteiger partial charge in [-0.15, -0.1) is 0 Å². The number of carbonyl (C=O) groups is 1. The zero-order valence-electron chi connectivity index (χ0n) is 4.66. The van der Waals surface area contributed by atoms with E-state index >= 15 is 0 Å². The third kappa shape index (κ3) is 0.626. The van der Waals surface area contributed by atoms with Crippen LogP contribution in [0.25, 0.3) is 0 Å². The first-order valence-electron chi connectivity index (χ1n) is 2.43. The van der Waals surface area contributed by atoms with Gasteiger partial charge in [0.15, 0.2) is 0 Å². The van der Waals surface area contributed by atoms with Gasteiger partial charge in [-0.3, -0.25) is 5.21 Å². The monoisotopic (exact) mass is 116 g/mol. The van der Waals surface area contributed by atoms with Gasteiger partial charge in [-0.1, -0.05) is 0 Å². The average Bonchev–Trinajstić information content (AvgIpc) is 1.98. The summed E-state index contributed by atoms with van der Waals surface area (Å²) in [6, 6.07) is -0.315. The average molecular weight is 116 g/mol. The highest BCUT2D eigenvalue weighted by Gasteiger charge is 2.22. The lowest BCUT2D eigenvalue weighted by Crippen LogP contribution is -2.26. The Morgan fingerprint density at radius 3 is 2.38 bits per heavy atom. The van der Waals surface area contributed by atoms with Crippen molar-refractivity contribution in [2.45, 2.75) is 0 Å². The van der Waals surface area contributed by atoms with E-state index in [1.165, 1.54) is 4.90 Å². The molecule has 1 fully saturated rings. The first kappa shape index (κ1) is 5.37. The van der Waals surface area contributed by atoms with E-state index in [1.807, 2.05) is 0 Å². The molecule has 0 aliphatic carbocycles. The summed E-state index contributed by atoms with van der Waals surface area (Å²) in [4.78, 5) is 12.0. The van der Waals surface area contributed by atoms with Crippen LogP contribution in [-0.2, 0) is 0 Å². The molecule has 0 bridgehead atoms. The normalized spacial score (nSPS) is 20.5. The fraction of sp³-hybridized carbons (Fsp3) is 0.750. The van der Waals surface area contributed by atoms with Crippen LogP contribution in [-0.4, -0.2) is 41.3 Å². The fourth-order valence-corrected chi connectivity index (χ4v) is 0.633. The molecular weight excluding hydrogens is 108 g/mol. The summed E-state index contributed by atoms with van der Waals surface area (Å²) in [5, 5.41) is 9.32. The minimum atomic E-state index is -0.315. The van der Waals surface area contributed by atoms with Crippen molar-refractivity contribution in [2.75, 3.05) is 20.1 Å². The summed E-state index contributed by atoms with van der Waals surface area (Å²) in [5.74, 6) is 0. The van der Waals surface area contributed by atoms with Crippen molar-refractivity contribution < 1.29 is 10.0 Å². The Labute approximate surface area is 47.3 Å². The Balaban J connectivity index is 2.57. The Bertz CT molecular complexity index is 103. The summed E-state index contributed by atoms with van der Waals surface area (Å²) >= 11 is 0. The molecule has 0 atom stereocenters. The number of urea groups is 1. The molecule has 0 unspecified atom stereocenters. The van der Waals surface area contributed by atoms with Gasteiger partial charge in [0.2, 0.25) is 0 Å². The van der Waals surface area contributed by atoms with E-state index in [9.17, 15) is 4.79 Å². The summed E-state index contributed by atoms with van der Waals surface area (Å²) < 4.78 is 0. The van der Waals surface area contributed by atoms with Crippen molar-refractivity contribution in [1.29, 1.82) is 0 Å². The maximum atomic E-state index is 10.5. The highest BCUT2D eigenvalue weighted by atomic mass is 16.5. The molecule has 4 heteroatoms. The standard InChI is InChI=1S/C4H8N2O2/c1-5-2-3-6(8)4(5)7/h8H,2-3H2,1H3. The zero-order chi connectivity index (χ0) is 6.15. The molecule has 8 heavy (non-hydrogen) atoms. The molecule has 0 radical (unpaired) electrons. The minimum absolute atomic E-state index is 0.315. The third-order valence-electron chi connectivity index (χ3n) is 1.19. The molecule has 0 spiro atoms. The van der Waals surface area contributed by atoms with Crippen LogP contribution in [0.1, 0.15) is 0 Å². The number of rotatable bonds is 0. The van der Waals surface area contributed by atoms with Gasteiger partial charge in [-0.05, 0) is 0 Å².